The van der Waals surface area contributed by atoms with E-state index in [9.17, 15) is 9.59 Å². The summed E-state index contributed by atoms with van der Waals surface area (Å²) in [7, 11) is 1.56. The summed E-state index contributed by atoms with van der Waals surface area (Å²) in [6, 6.07) is 6.75. The zero-order valence-electron chi connectivity index (χ0n) is 15.5. The van der Waals surface area contributed by atoms with Crippen molar-refractivity contribution in [2.75, 3.05) is 26.0 Å². The second kappa shape index (κ2) is 10.1. The summed E-state index contributed by atoms with van der Waals surface area (Å²) in [4.78, 5) is 24.0. The largest absolute Gasteiger partial charge is 0.497 e. The predicted molar refractivity (Wildman–Crippen MR) is 101 cm³/mol. The Labute approximate surface area is 166 Å². The second-order valence-corrected chi connectivity index (χ2v) is 7.03. The van der Waals surface area contributed by atoms with E-state index in [1.807, 2.05) is 0 Å². The van der Waals surface area contributed by atoms with Crippen LogP contribution in [0.3, 0.4) is 0 Å². The van der Waals surface area contributed by atoms with Crippen molar-refractivity contribution < 1.29 is 23.5 Å². The van der Waals surface area contributed by atoms with Gasteiger partial charge in [0.1, 0.15) is 5.75 Å². The number of thioether (sulfide) groups is 1. The molecule has 1 fully saturated rings. The minimum absolute atomic E-state index is 0.101. The minimum Gasteiger partial charge on any atom is -0.497 e. The Kier molecular flexibility index (Phi) is 7.26. The molecule has 0 saturated carbocycles. The fourth-order valence-electron chi connectivity index (χ4n) is 2.58. The molecule has 10 heteroatoms. The highest BCUT2D eigenvalue weighted by Crippen LogP contribution is 2.16. The van der Waals surface area contributed by atoms with Gasteiger partial charge in [-0.05, 0) is 37.1 Å². The van der Waals surface area contributed by atoms with Gasteiger partial charge in [-0.3, -0.25) is 9.59 Å². The zero-order chi connectivity index (χ0) is 19.8. The molecule has 1 aromatic heterocycles. The van der Waals surface area contributed by atoms with Crippen LogP contribution < -0.4 is 15.4 Å². The van der Waals surface area contributed by atoms with Crippen molar-refractivity contribution in [2.45, 2.75) is 30.7 Å². The van der Waals surface area contributed by atoms with Crippen LogP contribution in [0.2, 0.25) is 0 Å². The molecule has 2 heterocycles. The highest BCUT2D eigenvalue weighted by Gasteiger charge is 2.17. The molecule has 1 atom stereocenters. The normalized spacial score (nSPS) is 16.0. The lowest BCUT2D eigenvalue weighted by Crippen LogP contribution is -2.32. The van der Waals surface area contributed by atoms with Crippen LogP contribution in [-0.4, -0.2) is 54.1 Å². The van der Waals surface area contributed by atoms with E-state index in [4.69, 9.17) is 13.9 Å². The summed E-state index contributed by atoms with van der Waals surface area (Å²) in [5.41, 5.74) is 0.498. The maximum absolute atomic E-state index is 12.1. The number of methoxy groups -OCH3 is 1. The molecule has 2 aromatic rings. The number of nitrogens with one attached hydrogen (secondary N) is 2. The van der Waals surface area contributed by atoms with Crippen molar-refractivity contribution in [2.24, 2.45) is 0 Å². The molecule has 150 valence electrons. The zero-order valence-corrected chi connectivity index (χ0v) is 16.3. The van der Waals surface area contributed by atoms with Gasteiger partial charge in [-0.15, -0.1) is 10.2 Å². The molecule has 9 nitrogen and oxygen atoms in total. The summed E-state index contributed by atoms with van der Waals surface area (Å²) in [6.45, 7) is 1.38. The minimum atomic E-state index is -0.261. The Bertz CT molecular complexity index is 790. The lowest BCUT2D eigenvalue weighted by atomic mass is 10.2. The molecule has 3 rings (SSSR count). The topological polar surface area (TPSA) is 116 Å². The summed E-state index contributed by atoms with van der Waals surface area (Å²) in [5.74, 6) is 0.739. The number of hydrogen-bond acceptors (Lipinski definition) is 8. The average Bonchev–Trinajstić information content (AvgIpc) is 3.41. The van der Waals surface area contributed by atoms with E-state index in [0.29, 0.717) is 17.9 Å². The van der Waals surface area contributed by atoms with Gasteiger partial charge >= 0.3 is 0 Å². The summed E-state index contributed by atoms with van der Waals surface area (Å²) < 4.78 is 16.0. The van der Waals surface area contributed by atoms with Crippen molar-refractivity contribution in [3.05, 3.63) is 35.7 Å². The lowest BCUT2D eigenvalue weighted by Gasteiger charge is -2.09. The molecule has 0 radical (unpaired) electrons. The Morgan fingerprint density at radius 3 is 2.79 bits per heavy atom. The van der Waals surface area contributed by atoms with Gasteiger partial charge in [0.2, 0.25) is 11.8 Å². The van der Waals surface area contributed by atoms with Crippen LogP contribution in [0.15, 0.2) is 33.9 Å². The summed E-state index contributed by atoms with van der Waals surface area (Å²) >= 11 is 1.15. The first-order valence-corrected chi connectivity index (χ1v) is 9.88. The van der Waals surface area contributed by atoms with Gasteiger partial charge in [-0.1, -0.05) is 11.8 Å². The fraction of sp³-hybridized carbons (Fsp3) is 0.444. The molecule has 0 aliphatic carbocycles. The highest BCUT2D eigenvalue weighted by molar-refractivity contribution is 7.99. The highest BCUT2D eigenvalue weighted by atomic mass is 32.2. The molecule has 2 amide bonds. The molecule has 1 unspecified atom stereocenters. The fourth-order valence-corrected chi connectivity index (χ4v) is 3.19. The Morgan fingerprint density at radius 1 is 1.25 bits per heavy atom. The summed E-state index contributed by atoms with van der Waals surface area (Å²) in [5, 5.41) is 13.6. The molecule has 1 aromatic carbocycles. The van der Waals surface area contributed by atoms with Gasteiger partial charge in [-0.2, -0.15) is 0 Å². The quantitative estimate of drug-likeness (QED) is 0.601. The number of benzene rings is 1. The van der Waals surface area contributed by atoms with Crippen LogP contribution in [0.25, 0.3) is 0 Å². The number of hydrogen-bond donors (Lipinski definition) is 2. The lowest BCUT2D eigenvalue weighted by molar-refractivity contribution is -0.119. The Balaban J connectivity index is 1.38. The molecular formula is C18H22N4O5S. The number of ether oxygens (including phenoxy) is 2. The Hall–Kier alpha value is -2.59. The van der Waals surface area contributed by atoms with Crippen LogP contribution in [-0.2, 0) is 16.1 Å². The first-order valence-electron chi connectivity index (χ1n) is 8.90. The number of rotatable bonds is 9. The van der Waals surface area contributed by atoms with Gasteiger partial charge in [0.15, 0.2) is 0 Å². The molecule has 1 aliphatic rings. The van der Waals surface area contributed by atoms with Crippen molar-refractivity contribution in [1.29, 1.82) is 0 Å². The molecule has 0 spiro atoms. The number of aromatic nitrogens is 2. The third-order valence-corrected chi connectivity index (χ3v) is 4.90. The van der Waals surface area contributed by atoms with Crippen molar-refractivity contribution in [3.8, 4) is 5.75 Å². The third-order valence-electron chi connectivity index (χ3n) is 4.08. The number of nitrogens with zero attached hydrogens (tertiary/aromatic N) is 2. The molecule has 2 N–H and O–H groups in total. The van der Waals surface area contributed by atoms with Gasteiger partial charge in [-0.25, -0.2) is 0 Å². The maximum atomic E-state index is 12.1. The smallest absolute Gasteiger partial charge is 0.277 e. The van der Waals surface area contributed by atoms with Crippen LogP contribution in [0, 0.1) is 0 Å². The average molecular weight is 406 g/mol. The molecule has 1 aliphatic heterocycles. The molecule has 1 saturated heterocycles. The SMILES string of the molecule is COc1ccc(C(=O)NCc2nnc(SCC(=O)NCC3CCCO3)o2)cc1. The van der Waals surface area contributed by atoms with E-state index in [2.05, 4.69) is 20.8 Å². The van der Waals surface area contributed by atoms with Crippen LogP contribution in [0.5, 0.6) is 5.75 Å². The molecular weight excluding hydrogens is 384 g/mol. The van der Waals surface area contributed by atoms with E-state index < -0.39 is 0 Å². The second-order valence-electron chi connectivity index (χ2n) is 6.10. The van der Waals surface area contributed by atoms with E-state index in [0.717, 1.165) is 31.2 Å². The van der Waals surface area contributed by atoms with E-state index in [1.165, 1.54) is 0 Å². The molecule has 0 bridgehead atoms. The van der Waals surface area contributed by atoms with Crippen LogP contribution >= 0.6 is 11.8 Å². The number of carbonyl (C=O) groups excluding carboxylic acids is 2. The van der Waals surface area contributed by atoms with Gasteiger partial charge in [0.05, 0.1) is 25.5 Å². The standard InChI is InChI=1S/C18H22N4O5S/c1-25-13-6-4-12(5-7-13)17(24)20-10-16-21-22-18(27-16)28-11-15(23)19-9-14-3-2-8-26-14/h4-7,14H,2-3,8-11H2,1H3,(H,19,23)(H,20,24). The number of carbonyl (C=O) groups is 2. The summed E-state index contributed by atoms with van der Waals surface area (Å²) in [6.07, 6.45) is 2.12. The van der Waals surface area contributed by atoms with Gasteiger partial charge in [0.25, 0.3) is 11.1 Å². The van der Waals surface area contributed by atoms with Crippen molar-refractivity contribution in [3.63, 3.8) is 0 Å². The third kappa shape index (κ3) is 5.96. The Morgan fingerprint density at radius 2 is 2.07 bits per heavy atom. The van der Waals surface area contributed by atoms with E-state index >= 15 is 0 Å². The maximum Gasteiger partial charge on any atom is 0.277 e. The molecule has 28 heavy (non-hydrogen) atoms. The van der Waals surface area contributed by atoms with Gasteiger partial charge < -0.3 is 24.5 Å². The predicted octanol–water partition coefficient (Wildman–Crippen LogP) is 1.40. The first-order chi connectivity index (χ1) is 13.6. The first kappa shape index (κ1) is 20.2. The van der Waals surface area contributed by atoms with Gasteiger partial charge in [0, 0.05) is 18.7 Å². The number of amides is 2. The van der Waals surface area contributed by atoms with E-state index in [1.54, 1.807) is 31.4 Å². The van der Waals surface area contributed by atoms with Crippen LogP contribution in [0.4, 0.5) is 0 Å². The van der Waals surface area contributed by atoms with Crippen LogP contribution in [0.1, 0.15) is 29.1 Å². The van der Waals surface area contributed by atoms with E-state index in [-0.39, 0.29) is 41.3 Å². The van der Waals surface area contributed by atoms with Crippen molar-refractivity contribution >= 4 is 23.6 Å². The van der Waals surface area contributed by atoms with Crippen molar-refractivity contribution in [1.82, 2.24) is 20.8 Å². The monoisotopic (exact) mass is 406 g/mol.